The zero-order valence-electron chi connectivity index (χ0n) is 10.2. The van der Waals surface area contributed by atoms with Crippen LogP contribution in [0.5, 0.6) is 0 Å². The third kappa shape index (κ3) is 3.95. The highest BCUT2D eigenvalue weighted by molar-refractivity contribution is 7.80. The van der Waals surface area contributed by atoms with Crippen LogP contribution in [0, 0.1) is 0 Å². The van der Waals surface area contributed by atoms with E-state index in [-0.39, 0.29) is 11.7 Å². The molecule has 1 unspecified atom stereocenters. The van der Waals surface area contributed by atoms with Crippen molar-refractivity contribution < 1.29 is 4.74 Å². The van der Waals surface area contributed by atoms with Crippen LogP contribution >= 0.6 is 12.2 Å². The summed E-state index contributed by atoms with van der Waals surface area (Å²) < 4.78 is 5.83. The molecule has 1 fully saturated rings. The van der Waals surface area contributed by atoms with E-state index in [2.05, 4.69) is 37.9 Å². The Kier molecular flexibility index (Phi) is 4.34. The highest BCUT2D eigenvalue weighted by atomic mass is 32.1. The smallest absolute Gasteiger partial charge is 0.169 e. The van der Waals surface area contributed by atoms with Crippen LogP contribution in [0.3, 0.4) is 0 Å². The molecule has 0 aliphatic carbocycles. The zero-order valence-corrected chi connectivity index (χ0v) is 11.0. The summed E-state index contributed by atoms with van der Waals surface area (Å²) >= 11 is 5.35. The minimum Gasteiger partial charge on any atom is -0.369 e. The lowest BCUT2D eigenvalue weighted by atomic mass is 10.1. The molecule has 88 valence electrons. The molecule has 0 aromatic rings. The molecular formula is C11H22N2OS. The number of morpholine rings is 1. The van der Waals surface area contributed by atoms with Gasteiger partial charge in [-0.05, 0) is 39.4 Å². The Balaban J connectivity index is 2.50. The molecule has 1 aliphatic rings. The summed E-state index contributed by atoms with van der Waals surface area (Å²) in [6.07, 6.45) is 1.35. The van der Waals surface area contributed by atoms with Gasteiger partial charge in [-0.25, -0.2) is 0 Å². The largest absolute Gasteiger partial charge is 0.369 e. The Hall–Kier alpha value is -0.350. The van der Waals surface area contributed by atoms with Crippen molar-refractivity contribution in [1.29, 1.82) is 0 Å². The molecular weight excluding hydrogens is 208 g/mol. The van der Waals surface area contributed by atoms with Crippen LogP contribution in [0.15, 0.2) is 0 Å². The van der Waals surface area contributed by atoms with Crippen LogP contribution in [0.1, 0.15) is 34.1 Å². The van der Waals surface area contributed by atoms with E-state index in [1.54, 1.807) is 0 Å². The van der Waals surface area contributed by atoms with Crippen molar-refractivity contribution >= 4 is 17.3 Å². The number of thiocarbonyl (C=S) groups is 1. The van der Waals surface area contributed by atoms with E-state index in [0.29, 0.717) is 0 Å². The van der Waals surface area contributed by atoms with Crippen molar-refractivity contribution in [2.75, 3.05) is 19.6 Å². The first-order valence-corrected chi connectivity index (χ1v) is 6.06. The predicted octanol–water partition coefficient (Wildman–Crippen LogP) is 1.77. The standard InChI is InChI=1S/C11H22N2OS/c1-5-6-12-10(15)13-7-9(2)14-11(3,4)8-13/h9H,5-8H2,1-4H3,(H,12,15). The van der Waals surface area contributed by atoms with Gasteiger partial charge in [-0.3, -0.25) is 0 Å². The molecule has 0 amide bonds. The van der Waals surface area contributed by atoms with Crippen LogP contribution in [0.2, 0.25) is 0 Å². The van der Waals surface area contributed by atoms with Gasteiger partial charge in [-0.2, -0.15) is 0 Å². The molecule has 15 heavy (non-hydrogen) atoms. The normalized spacial score (nSPS) is 25.1. The first-order chi connectivity index (χ1) is 6.94. The zero-order chi connectivity index (χ0) is 11.5. The Morgan fingerprint density at radius 3 is 2.80 bits per heavy atom. The van der Waals surface area contributed by atoms with Gasteiger partial charge in [-0.1, -0.05) is 6.92 Å². The number of ether oxygens (including phenoxy) is 1. The number of nitrogens with one attached hydrogen (secondary N) is 1. The SMILES string of the molecule is CCCNC(=S)N1CC(C)OC(C)(C)C1. The summed E-state index contributed by atoms with van der Waals surface area (Å²) in [7, 11) is 0. The summed E-state index contributed by atoms with van der Waals surface area (Å²) in [6, 6.07) is 0. The third-order valence-electron chi connectivity index (χ3n) is 2.38. The summed E-state index contributed by atoms with van der Waals surface area (Å²) in [5.74, 6) is 0. The van der Waals surface area contributed by atoms with Crippen molar-refractivity contribution in [3.63, 3.8) is 0 Å². The lowest BCUT2D eigenvalue weighted by molar-refractivity contribution is -0.112. The molecule has 0 saturated carbocycles. The second-order valence-corrected chi connectivity index (χ2v) is 5.19. The van der Waals surface area contributed by atoms with E-state index in [1.165, 1.54) is 0 Å². The van der Waals surface area contributed by atoms with E-state index in [9.17, 15) is 0 Å². The van der Waals surface area contributed by atoms with Gasteiger partial charge in [0.25, 0.3) is 0 Å². The molecule has 1 heterocycles. The molecule has 1 saturated heterocycles. The maximum Gasteiger partial charge on any atom is 0.169 e. The fourth-order valence-corrected chi connectivity index (χ4v) is 2.19. The van der Waals surface area contributed by atoms with Crippen molar-refractivity contribution in [2.45, 2.75) is 45.8 Å². The highest BCUT2D eigenvalue weighted by Crippen LogP contribution is 2.20. The topological polar surface area (TPSA) is 24.5 Å². The Labute approximate surface area is 98.2 Å². The van der Waals surface area contributed by atoms with E-state index >= 15 is 0 Å². The molecule has 0 bridgehead atoms. The first-order valence-electron chi connectivity index (χ1n) is 5.65. The molecule has 0 aromatic carbocycles. The Morgan fingerprint density at radius 1 is 1.60 bits per heavy atom. The molecule has 1 aliphatic heterocycles. The van der Waals surface area contributed by atoms with E-state index < -0.39 is 0 Å². The first kappa shape index (κ1) is 12.7. The summed E-state index contributed by atoms with van der Waals surface area (Å²) in [6.45, 7) is 11.2. The van der Waals surface area contributed by atoms with Gasteiger partial charge in [0.2, 0.25) is 0 Å². The van der Waals surface area contributed by atoms with Gasteiger partial charge in [0, 0.05) is 19.6 Å². The second-order valence-electron chi connectivity index (χ2n) is 4.80. The minimum atomic E-state index is -0.102. The second kappa shape index (κ2) is 5.12. The fraction of sp³-hybridized carbons (Fsp3) is 0.909. The molecule has 1 rings (SSSR count). The maximum absolute atomic E-state index is 5.83. The molecule has 4 heteroatoms. The molecule has 0 aromatic heterocycles. The maximum atomic E-state index is 5.83. The number of nitrogens with zero attached hydrogens (tertiary/aromatic N) is 1. The minimum absolute atomic E-state index is 0.102. The van der Waals surface area contributed by atoms with Crippen molar-refractivity contribution in [1.82, 2.24) is 10.2 Å². The molecule has 1 N–H and O–H groups in total. The van der Waals surface area contributed by atoms with Gasteiger partial charge in [-0.15, -0.1) is 0 Å². The molecule has 1 atom stereocenters. The monoisotopic (exact) mass is 230 g/mol. The fourth-order valence-electron chi connectivity index (χ4n) is 1.95. The predicted molar refractivity (Wildman–Crippen MR) is 67.1 cm³/mol. The van der Waals surface area contributed by atoms with Gasteiger partial charge < -0.3 is 15.0 Å². The van der Waals surface area contributed by atoms with Crippen LogP contribution in [0.25, 0.3) is 0 Å². The van der Waals surface area contributed by atoms with Gasteiger partial charge in [0.1, 0.15) is 0 Å². The van der Waals surface area contributed by atoms with Gasteiger partial charge in [0.05, 0.1) is 11.7 Å². The van der Waals surface area contributed by atoms with Gasteiger partial charge >= 0.3 is 0 Å². The van der Waals surface area contributed by atoms with Crippen molar-refractivity contribution in [3.05, 3.63) is 0 Å². The lowest BCUT2D eigenvalue weighted by Crippen LogP contribution is -2.56. The number of hydrogen-bond donors (Lipinski definition) is 1. The summed E-state index contributed by atoms with van der Waals surface area (Å²) in [5.41, 5.74) is -0.102. The number of rotatable bonds is 2. The van der Waals surface area contributed by atoms with Crippen LogP contribution < -0.4 is 5.32 Å². The Morgan fingerprint density at radius 2 is 2.27 bits per heavy atom. The van der Waals surface area contributed by atoms with E-state index in [1.807, 2.05) is 0 Å². The van der Waals surface area contributed by atoms with Crippen LogP contribution in [0.4, 0.5) is 0 Å². The summed E-state index contributed by atoms with van der Waals surface area (Å²) in [4.78, 5) is 2.21. The molecule has 3 nitrogen and oxygen atoms in total. The van der Waals surface area contributed by atoms with Gasteiger partial charge in [0.15, 0.2) is 5.11 Å². The lowest BCUT2D eigenvalue weighted by Gasteiger charge is -2.42. The quantitative estimate of drug-likeness (QED) is 0.731. The average Bonchev–Trinajstić information content (AvgIpc) is 2.10. The van der Waals surface area contributed by atoms with Crippen molar-refractivity contribution in [2.24, 2.45) is 0 Å². The van der Waals surface area contributed by atoms with E-state index in [0.717, 1.165) is 31.2 Å². The van der Waals surface area contributed by atoms with E-state index in [4.69, 9.17) is 17.0 Å². The third-order valence-corrected chi connectivity index (χ3v) is 2.79. The van der Waals surface area contributed by atoms with Crippen molar-refractivity contribution in [3.8, 4) is 0 Å². The molecule has 0 spiro atoms. The molecule has 0 radical (unpaired) electrons. The summed E-state index contributed by atoms with van der Waals surface area (Å²) in [5, 5.41) is 4.12. The van der Waals surface area contributed by atoms with Crippen LogP contribution in [-0.4, -0.2) is 41.4 Å². The number of hydrogen-bond acceptors (Lipinski definition) is 2. The van der Waals surface area contributed by atoms with Crippen LogP contribution in [-0.2, 0) is 4.74 Å². The average molecular weight is 230 g/mol. The highest BCUT2D eigenvalue weighted by Gasteiger charge is 2.32. The Bertz CT molecular complexity index is 231.